The quantitative estimate of drug-likeness (QED) is 0.0432. The van der Waals surface area contributed by atoms with Crippen LogP contribution in [0.4, 0.5) is 23.4 Å². The monoisotopic (exact) mass is 1460 g/mol. The Morgan fingerprint density at radius 3 is 1.45 bits per heavy atom. The zero-order chi connectivity index (χ0) is 52.0. The summed E-state index contributed by atoms with van der Waals surface area (Å²) >= 11 is 0. The molecule has 0 fully saturated rings. The van der Waals surface area contributed by atoms with Gasteiger partial charge in [0.2, 0.25) is 0 Å². The van der Waals surface area contributed by atoms with Crippen molar-refractivity contribution in [3.8, 4) is 17.0 Å². The smallest absolute Gasteiger partial charge is 0.488 e. The van der Waals surface area contributed by atoms with Crippen molar-refractivity contribution in [1.82, 2.24) is 19.6 Å². The summed E-state index contributed by atoms with van der Waals surface area (Å²) < 4.78 is 71.4. The minimum absolute atomic E-state index is 0.0165. The summed E-state index contributed by atoms with van der Waals surface area (Å²) in [6.45, 7) is 4.19. The number of aromatic nitrogens is 4. The number of rotatable bonds is 16. The number of nitrogens with zero attached hydrogens (tertiary/aromatic N) is 4. The molecule has 0 saturated heterocycles. The molecule has 0 spiro atoms. The summed E-state index contributed by atoms with van der Waals surface area (Å²) in [5, 5.41) is 25.6. The second-order valence-corrected chi connectivity index (χ2v) is 120. The molecule has 69 heavy (non-hydrogen) atoms. The number of carbonyl (C=O) groups is 1. The SMILES string of the molecule is COc1c(F)cc(B(O)O)cc1F.Nc1cc2n(n1)CCOC2.O=Cc1c(F)cc(-c2cc3n(n2)CCOC3)cc1F.PPP(P)P(P(P(P)P)P(P)P)P(P(P(P)P)P(P)P)P(P(P)P)P(P)P. The molecule has 386 valence electrons. The van der Waals surface area contributed by atoms with Gasteiger partial charge in [0.25, 0.3) is 0 Å². The number of ether oxygens (including phenoxy) is 3. The lowest BCUT2D eigenvalue weighted by atomic mass is 9.80. The van der Waals surface area contributed by atoms with Gasteiger partial charge >= 0.3 is 7.12 Å². The van der Waals surface area contributed by atoms with Gasteiger partial charge in [0.05, 0.1) is 69.3 Å². The molecule has 2 aliphatic rings. The van der Waals surface area contributed by atoms with E-state index in [1.54, 1.807) is 10.7 Å². The highest BCUT2D eigenvalue weighted by molar-refractivity contribution is 9.42. The second kappa shape index (κ2) is 36.2. The molecule has 43 heteroatoms. The molecule has 17 unspecified atom stereocenters. The lowest BCUT2D eigenvalue weighted by Gasteiger charge is -2.50. The van der Waals surface area contributed by atoms with Gasteiger partial charge < -0.3 is 30.0 Å². The number of aldehydes is 1. The molecule has 11 nitrogen and oxygen atoms in total. The molecule has 2 aliphatic heterocycles. The van der Waals surface area contributed by atoms with Crippen LogP contribution in [0.2, 0.25) is 0 Å². The summed E-state index contributed by atoms with van der Waals surface area (Å²) in [5.41, 5.74) is 7.37. The third kappa shape index (κ3) is 22.1. The summed E-state index contributed by atoms with van der Waals surface area (Å²) in [6, 6.07) is 7.40. The van der Waals surface area contributed by atoms with E-state index in [1.807, 2.05) is 10.7 Å². The molecule has 2 aromatic carbocycles. The molecule has 4 heterocycles. The number of anilines is 1. The number of methoxy groups -OCH3 is 1. The van der Waals surface area contributed by atoms with Gasteiger partial charge in [-0.2, -0.15) is 10.2 Å². The Morgan fingerprint density at radius 2 is 1.09 bits per heavy atom. The molecule has 17 atom stereocenters. The normalized spacial score (nSPS) is 14.7. The van der Waals surface area contributed by atoms with Crippen LogP contribution in [0.1, 0.15) is 21.7 Å². The highest BCUT2D eigenvalue weighted by Crippen LogP contribution is 3.36. The fourth-order valence-electron chi connectivity index (χ4n) is 5.54. The number of benzene rings is 2. The minimum Gasteiger partial charge on any atom is -0.491 e. The van der Waals surface area contributed by atoms with E-state index < -0.39 is 41.7 Å². The van der Waals surface area contributed by atoms with E-state index in [0.29, 0.717) is 43.4 Å². The van der Waals surface area contributed by atoms with Crippen LogP contribution in [0.3, 0.4) is 0 Å². The number of halogens is 4. The average molecular weight is 1460 g/mol. The fraction of sp³-hybridized carbons (Fsp3) is 0.269. The number of carbonyl (C=O) groups excluding carboxylic acids is 1. The molecule has 2 aromatic heterocycles. The molecule has 4 N–H and O–H groups in total. The molecule has 6 rings (SSSR count). The van der Waals surface area contributed by atoms with Crippen LogP contribution in [0.5, 0.6) is 5.75 Å². The van der Waals surface area contributed by atoms with E-state index in [1.165, 1.54) is 0 Å². The predicted octanol–water partition coefficient (Wildman–Crippen LogP) is 17.3. The van der Waals surface area contributed by atoms with Crippen molar-refractivity contribution in [2.75, 3.05) is 26.1 Å². The molecule has 0 aliphatic carbocycles. The van der Waals surface area contributed by atoms with Crippen LogP contribution in [-0.2, 0) is 35.8 Å². The maximum Gasteiger partial charge on any atom is 0.488 e. The van der Waals surface area contributed by atoms with Gasteiger partial charge in [-0.15, -0.1) is 125 Å². The van der Waals surface area contributed by atoms with Crippen LogP contribution in [0.25, 0.3) is 11.3 Å². The first-order valence-corrected chi connectivity index (χ1v) is 67.1. The first kappa shape index (κ1) is 70.6. The molecular weight excluding hydrogens is 1400 g/mol. The number of hydrogen-bond donors (Lipinski definition) is 3. The van der Waals surface area contributed by atoms with Gasteiger partial charge in [-0.25, -0.2) is 17.6 Å². The largest absolute Gasteiger partial charge is 0.491 e. The summed E-state index contributed by atoms with van der Waals surface area (Å²) in [6.07, 6.45) is 0.167. The second-order valence-electron chi connectivity index (χ2n) is 13.1. The Hall–Kier alpha value is 7.36. The van der Waals surface area contributed by atoms with E-state index in [0.717, 1.165) is 63.9 Å². The highest BCUT2D eigenvalue weighted by Gasteiger charge is 2.48. The first-order chi connectivity index (χ1) is 32.4. The van der Waals surface area contributed by atoms with E-state index in [4.69, 9.17) is 25.3 Å². The van der Waals surface area contributed by atoms with Crippen molar-refractivity contribution in [3.63, 3.8) is 0 Å². The highest BCUT2D eigenvalue weighted by atomic mass is 33.5. The van der Waals surface area contributed by atoms with Crippen molar-refractivity contribution in [2.45, 2.75) is 26.3 Å². The molecular formula is C26H55BF4N5O6P27. The van der Waals surface area contributed by atoms with Gasteiger partial charge in [0.15, 0.2) is 23.7 Å². The van der Waals surface area contributed by atoms with E-state index >= 15 is 0 Å². The first-order valence-electron chi connectivity index (χ1n) is 18.6. The molecule has 0 radical (unpaired) electrons. The fourth-order valence-corrected chi connectivity index (χ4v) is 350. The Balaban J connectivity index is 0.000000259. The van der Waals surface area contributed by atoms with E-state index in [9.17, 15) is 22.4 Å². The van der Waals surface area contributed by atoms with Gasteiger partial charge in [0.1, 0.15) is 17.5 Å². The summed E-state index contributed by atoms with van der Waals surface area (Å²) in [7, 11) is 45.8. The van der Waals surface area contributed by atoms with Crippen molar-refractivity contribution in [1.29, 1.82) is 0 Å². The number of fused-ring (bicyclic) bond motifs is 2. The van der Waals surface area contributed by atoms with Crippen molar-refractivity contribution in [3.05, 3.63) is 76.6 Å². The third-order valence-electron chi connectivity index (χ3n) is 8.36. The van der Waals surface area contributed by atoms with Crippen LogP contribution in [0, 0.1) is 23.3 Å². The van der Waals surface area contributed by atoms with Crippen LogP contribution >= 0.6 is 217 Å². The lowest BCUT2D eigenvalue weighted by molar-refractivity contribution is 0.0800. The van der Waals surface area contributed by atoms with E-state index in [2.05, 4.69) is 140 Å². The standard InChI is InChI=1S/C13H10F2N2O2.C7H7BF2O3.C6H9N3O.H29P27/c14-11-3-8(4-12(15)10(11)6-18)13-5-9-7-19-2-1-17(9)16-13;1-13-7-5(9)2-4(8(11)12)3-6(7)10;7-6-3-5-4-10-2-1-9(5)8-6;1-15-22(14)26(23(16(2)3)17(4)5)27(24(18(6)7)19(8)9)25(20(10)11)21(12)13/h3-6H,1-2,7H2;2-3,11-12H,1H3;3H,1-2,4H2,(H2,7,8);15H,1-14H2. The zero-order valence-electron chi connectivity index (χ0n) is 36.2. The predicted molar refractivity (Wildman–Crippen MR) is 369 cm³/mol. The lowest BCUT2D eigenvalue weighted by Crippen LogP contribution is -2.30. The van der Waals surface area contributed by atoms with Gasteiger partial charge in [-0.3, -0.25) is 14.2 Å². The molecule has 0 saturated carbocycles. The van der Waals surface area contributed by atoms with Gasteiger partial charge in [0, 0.05) is 11.6 Å². The summed E-state index contributed by atoms with van der Waals surface area (Å²) in [4.78, 5) is 10.5. The Morgan fingerprint density at radius 1 is 0.667 bits per heavy atom. The van der Waals surface area contributed by atoms with Crippen molar-refractivity contribution >= 4 is 241 Å². The Labute approximate surface area is 450 Å². The zero-order valence-corrected chi connectivity index (χ0v) is 64.1. The molecule has 0 amide bonds. The Kier molecular flexibility index (Phi) is 37.0. The molecule has 4 aromatic rings. The van der Waals surface area contributed by atoms with Gasteiger partial charge in [-0.1, -0.05) is 7.96 Å². The van der Waals surface area contributed by atoms with Crippen molar-refractivity contribution < 1.29 is 46.6 Å². The number of nitrogens with two attached hydrogens (primary N) is 1. The number of nitrogen functional groups attached to an aromatic ring is 1. The van der Waals surface area contributed by atoms with Crippen LogP contribution in [-0.4, -0.2) is 63.3 Å². The maximum absolute atomic E-state index is 13.5. The van der Waals surface area contributed by atoms with Gasteiger partial charge in [-0.05, 0) is 120 Å². The molecule has 0 bridgehead atoms. The maximum atomic E-state index is 13.5. The minimum atomic E-state index is -1.89. The van der Waals surface area contributed by atoms with Crippen LogP contribution < -0.4 is 15.9 Å². The van der Waals surface area contributed by atoms with E-state index in [-0.39, 0.29) is 95.6 Å². The topological polar surface area (TPSA) is 147 Å². The van der Waals surface area contributed by atoms with Crippen molar-refractivity contribution in [2.24, 2.45) is 0 Å². The summed E-state index contributed by atoms with van der Waals surface area (Å²) in [5.74, 6) is -3.65. The Bertz CT molecular complexity index is 2110. The van der Waals surface area contributed by atoms with Crippen LogP contribution in [0.15, 0.2) is 36.4 Å². The average Bonchev–Trinajstić information content (AvgIpc) is 3.88. The third-order valence-corrected chi connectivity index (χ3v) is 185. The number of hydrogen-bond acceptors (Lipinski definition) is 9.